The van der Waals surface area contributed by atoms with Gasteiger partial charge < -0.3 is 9.47 Å². The Kier molecular flexibility index (Phi) is 5.96. The van der Waals surface area contributed by atoms with Crippen molar-refractivity contribution >= 4 is 27.3 Å². The summed E-state index contributed by atoms with van der Waals surface area (Å²) in [5.41, 5.74) is 0.484. The van der Waals surface area contributed by atoms with Crippen molar-refractivity contribution in [2.45, 2.75) is 18.7 Å². The maximum Gasteiger partial charge on any atom is 0.264 e. The summed E-state index contributed by atoms with van der Waals surface area (Å²) in [5.74, 6) is 1.13. The van der Waals surface area contributed by atoms with Gasteiger partial charge in [0.15, 0.2) is 0 Å². The first-order valence-corrected chi connectivity index (χ1v) is 9.35. The number of benzene rings is 2. The van der Waals surface area contributed by atoms with Gasteiger partial charge in [-0.2, -0.15) is 0 Å². The number of hydrogen-bond acceptors (Lipinski definition) is 4. The smallest absolute Gasteiger partial charge is 0.264 e. The molecule has 130 valence electrons. The van der Waals surface area contributed by atoms with Crippen LogP contribution in [0, 0.1) is 0 Å². The molecular weight excluding hydrogens is 350 g/mol. The molecule has 2 aromatic rings. The Hall–Kier alpha value is -1.92. The number of anilines is 1. The van der Waals surface area contributed by atoms with Crippen LogP contribution in [0.1, 0.15) is 13.8 Å². The van der Waals surface area contributed by atoms with Crippen LogP contribution in [0.5, 0.6) is 11.5 Å². The van der Waals surface area contributed by atoms with Crippen molar-refractivity contribution in [2.24, 2.45) is 0 Å². The minimum Gasteiger partial charge on any atom is -0.495 e. The SMILES string of the molecule is CCOc1ccc(S(=O)(=O)N(CC)c2ccc(OC)c(Cl)c2)cc1. The fourth-order valence-electron chi connectivity index (χ4n) is 2.30. The first-order valence-electron chi connectivity index (χ1n) is 7.53. The Bertz CT molecular complexity index is 791. The summed E-state index contributed by atoms with van der Waals surface area (Å²) in [7, 11) is -2.18. The largest absolute Gasteiger partial charge is 0.495 e. The predicted octanol–water partition coefficient (Wildman–Crippen LogP) is 3.96. The molecule has 0 heterocycles. The predicted molar refractivity (Wildman–Crippen MR) is 95.8 cm³/mol. The fourth-order valence-corrected chi connectivity index (χ4v) is 4.02. The van der Waals surface area contributed by atoms with E-state index in [0.29, 0.717) is 28.8 Å². The highest BCUT2D eigenvalue weighted by Crippen LogP contribution is 2.32. The van der Waals surface area contributed by atoms with Crippen molar-refractivity contribution in [1.82, 2.24) is 0 Å². The highest BCUT2D eigenvalue weighted by molar-refractivity contribution is 7.92. The van der Waals surface area contributed by atoms with Crippen LogP contribution in [-0.4, -0.2) is 28.7 Å². The average Bonchev–Trinajstić information content (AvgIpc) is 2.56. The lowest BCUT2D eigenvalue weighted by atomic mass is 10.3. The Balaban J connectivity index is 2.39. The monoisotopic (exact) mass is 369 g/mol. The zero-order chi connectivity index (χ0) is 17.7. The van der Waals surface area contributed by atoms with Crippen molar-refractivity contribution in [3.63, 3.8) is 0 Å². The lowest BCUT2D eigenvalue weighted by molar-refractivity contribution is 0.340. The van der Waals surface area contributed by atoms with Gasteiger partial charge in [0.2, 0.25) is 0 Å². The van der Waals surface area contributed by atoms with Gasteiger partial charge in [-0.15, -0.1) is 0 Å². The van der Waals surface area contributed by atoms with Crippen LogP contribution >= 0.6 is 11.6 Å². The number of methoxy groups -OCH3 is 1. The number of nitrogens with zero attached hydrogens (tertiary/aromatic N) is 1. The van der Waals surface area contributed by atoms with Gasteiger partial charge in [-0.3, -0.25) is 4.31 Å². The molecule has 0 bridgehead atoms. The summed E-state index contributed by atoms with van der Waals surface area (Å²) in [6.07, 6.45) is 0. The van der Waals surface area contributed by atoms with Gasteiger partial charge in [-0.25, -0.2) is 8.42 Å². The van der Waals surface area contributed by atoms with Crippen LogP contribution in [0.2, 0.25) is 5.02 Å². The van der Waals surface area contributed by atoms with Crippen molar-refractivity contribution in [3.8, 4) is 11.5 Å². The van der Waals surface area contributed by atoms with E-state index >= 15 is 0 Å². The van der Waals surface area contributed by atoms with E-state index in [2.05, 4.69) is 0 Å². The van der Waals surface area contributed by atoms with Crippen molar-refractivity contribution in [3.05, 3.63) is 47.5 Å². The van der Waals surface area contributed by atoms with Crippen LogP contribution in [0.25, 0.3) is 0 Å². The first kappa shape index (κ1) is 18.4. The van der Waals surface area contributed by atoms with Crippen molar-refractivity contribution in [1.29, 1.82) is 0 Å². The molecule has 0 aliphatic carbocycles. The Morgan fingerprint density at radius 3 is 2.25 bits per heavy atom. The third-order valence-electron chi connectivity index (χ3n) is 3.43. The molecule has 0 fully saturated rings. The third kappa shape index (κ3) is 3.76. The molecule has 0 unspecified atom stereocenters. The minimum absolute atomic E-state index is 0.194. The highest BCUT2D eigenvalue weighted by Gasteiger charge is 2.24. The van der Waals surface area contributed by atoms with Gasteiger partial charge in [-0.1, -0.05) is 11.6 Å². The molecular formula is C17H20ClNO4S. The summed E-state index contributed by atoms with van der Waals surface area (Å²) in [5, 5.41) is 0.357. The molecule has 2 aromatic carbocycles. The van der Waals surface area contributed by atoms with Crippen LogP contribution in [-0.2, 0) is 10.0 Å². The van der Waals surface area contributed by atoms with Crippen LogP contribution in [0.3, 0.4) is 0 Å². The second kappa shape index (κ2) is 7.77. The maximum atomic E-state index is 12.9. The van der Waals surface area contributed by atoms with E-state index in [0.717, 1.165) is 0 Å². The Labute approximate surface area is 147 Å². The quantitative estimate of drug-likeness (QED) is 0.741. The maximum absolute atomic E-state index is 12.9. The van der Waals surface area contributed by atoms with Gasteiger partial charge in [0.1, 0.15) is 11.5 Å². The summed E-state index contributed by atoms with van der Waals surface area (Å²) < 4.78 is 37.6. The van der Waals surface area contributed by atoms with E-state index in [9.17, 15) is 8.42 Å². The molecule has 0 aromatic heterocycles. The van der Waals surface area contributed by atoms with Crippen LogP contribution < -0.4 is 13.8 Å². The summed E-state index contributed by atoms with van der Waals surface area (Å²) in [6, 6.07) is 11.3. The number of hydrogen-bond donors (Lipinski definition) is 0. The average molecular weight is 370 g/mol. The zero-order valence-electron chi connectivity index (χ0n) is 13.8. The lowest BCUT2D eigenvalue weighted by Crippen LogP contribution is -2.30. The molecule has 0 N–H and O–H groups in total. The summed E-state index contributed by atoms with van der Waals surface area (Å²) >= 11 is 6.12. The molecule has 0 aliphatic heterocycles. The van der Waals surface area contributed by atoms with E-state index in [4.69, 9.17) is 21.1 Å². The van der Waals surface area contributed by atoms with Crippen molar-refractivity contribution < 1.29 is 17.9 Å². The first-order chi connectivity index (χ1) is 11.4. The van der Waals surface area contributed by atoms with Gasteiger partial charge >= 0.3 is 0 Å². The topological polar surface area (TPSA) is 55.8 Å². The molecule has 0 amide bonds. The number of sulfonamides is 1. The van der Waals surface area contributed by atoms with Crippen LogP contribution in [0.15, 0.2) is 47.4 Å². The van der Waals surface area contributed by atoms with Gasteiger partial charge in [0.25, 0.3) is 10.0 Å². The number of ether oxygens (including phenoxy) is 2. The molecule has 24 heavy (non-hydrogen) atoms. The molecule has 0 saturated carbocycles. The third-order valence-corrected chi connectivity index (χ3v) is 5.65. The van der Waals surface area contributed by atoms with Gasteiger partial charge in [-0.05, 0) is 56.3 Å². The lowest BCUT2D eigenvalue weighted by Gasteiger charge is -2.23. The van der Waals surface area contributed by atoms with E-state index < -0.39 is 10.0 Å². The summed E-state index contributed by atoms with van der Waals surface area (Å²) in [6.45, 7) is 4.44. The van der Waals surface area contributed by atoms with Gasteiger partial charge in [0, 0.05) is 6.54 Å². The van der Waals surface area contributed by atoms with Crippen LogP contribution in [0.4, 0.5) is 5.69 Å². The molecule has 5 nitrogen and oxygen atoms in total. The fraction of sp³-hybridized carbons (Fsp3) is 0.294. The second-order valence-electron chi connectivity index (χ2n) is 4.89. The van der Waals surface area contributed by atoms with Crippen molar-refractivity contribution in [2.75, 3.05) is 24.6 Å². The highest BCUT2D eigenvalue weighted by atomic mass is 35.5. The molecule has 7 heteroatoms. The normalized spacial score (nSPS) is 11.2. The molecule has 0 spiro atoms. The molecule has 0 atom stereocenters. The summed E-state index contributed by atoms with van der Waals surface area (Å²) in [4.78, 5) is 0.194. The second-order valence-corrected chi connectivity index (χ2v) is 7.16. The number of rotatable bonds is 7. The number of halogens is 1. The van der Waals surface area contributed by atoms with E-state index in [1.54, 1.807) is 37.3 Å². The molecule has 0 radical (unpaired) electrons. The Morgan fingerprint density at radius 2 is 1.75 bits per heavy atom. The van der Waals surface area contributed by atoms with E-state index in [1.165, 1.54) is 23.5 Å². The Morgan fingerprint density at radius 1 is 1.08 bits per heavy atom. The minimum atomic E-state index is -3.69. The van der Waals surface area contributed by atoms with E-state index in [1.807, 2.05) is 6.92 Å². The molecule has 0 saturated heterocycles. The van der Waals surface area contributed by atoms with E-state index in [-0.39, 0.29) is 11.4 Å². The molecule has 2 rings (SSSR count). The standard InChI is InChI=1S/C17H20ClNO4S/c1-4-19(13-6-11-17(22-3)16(18)12-13)24(20,21)15-9-7-14(8-10-15)23-5-2/h6-12H,4-5H2,1-3H3. The molecule has 0 aliphatic rings. The zero-order valence-corrected chi connectivity index (χ0v) is 15.4. The van der Waals surface area contributed by atoms with Gasteiger partial charge in [0.05, 0.1) is 29.3 Å².